The zero-order chi connectivity index (χ0) is 20.2. The van der Waals surface area contributed by atoms with Crippen molar-refractivity contribution in [3.8, 4) is 0 Å². The van der Waals surface area contributed by atoms with Crippen molar-refractivity contribution in [2.24, 2.45) is 10.9 Å². The van der Waals surface area contributed by atoms with E-state index in [2.05, 4.69) is 22.5 Å². The van der Waals surface area contributed by atoms with Crippen LogP contribution in [0.15, 0.2) is 23.2 Å². The summed E-state index contributed by atoms with van der Waals surface area (Å²) in [5.41, 5.74) is 0.0509. The fourth-order valence-electron chi connectivity index (χ4n) is 3.05. The highest BCUT2D eigenvalue weighted by molar-refractivity contribution is 5.79. The van der Waals surface area contributed by atoms with Gasteiger partial charge in [0.2, 0.25) is 0 Å². The smallest absolute Gasteiger partial charge is 0.191 e. The lowest BCUT2D eigenvalue weighted by molar-refractivity contribution is 0.253. The van der Waals surface area contributed by atoms with Crippen LogP contribution in [0.5, 0.6) is 0 Å². The van der Waals surface area contributed by atoms with Crippen LogP contribution in [0, 0.1) is 17.6 Å². The Morgan fingerprint density at radius 3 is 2.33 bits per heavy atom. The van der Waals surface area contributed by atoms with Crippen LogP contribution in [0.3, 0.4) is 0 Å². The summed E-state index contributed by atoms with van der Waals surface area (Å²) >= 11 is 0. The molecule has 0 aromatic heterocycles. The minimum Gasteiger partial charge on any atom is -0.396 e. The molecule has 0 saturated heterocycles. The molecule has 0 bridgehead atoms. The van der Waals surface area contributed by atoms with Crippen molar-refractivity contribution in [1.29, 1.82) is 0 Å². The first kappa shape index (κ1) is 23.3. The van der Waals surface area contributed by atoms with Gasteiger partial charge in [0.05, 0.1) is 6.04 Å². The van der Waals surface area contributed by atoms with E-state index < -0.39 is 17.7 Å². The van der Waals surface area contributed by atoms with Gasteiger partial charge >= 0.3 is 0 Å². The molecule has 1 aromatic carbocycles. The Morgan fingerprint density at radius 2 is 1.81 bits per heavy atom. The van der Waals surface area contributed by atoms with Gasteiger partial charge in [-0.25, -0.2) is 8.78 Å². The van der Waals surface area contributed by atoms with Gasteiger partial charge in [-0.1, -0.05) is 19.4 Å². The van der Waals surface area contributed by atoms with Gasteiger partial charge in [-0.2, -0.15) is 0 Å². The molecule has 7 heteroatoms. The molecule has 0 fully saturated rings. The Kier molecular flexibility index (Phi) is 10.9. The maximum atomic E-state index is 14.2. The molecule has 1 aromatic rings. The quantitative estimate of drug-likeness (QED) is 0.406. The molecule has 0 aliphatic rings. The van der Waals surface area contributed by atoms with Crippen molar-refractivity contribution >= 4 is 5.96 Å². The number of halogens is 2. The van der Waals surface area contributed by atoms with Gasteiger partial charge in [0.1, 0.15) is 11.6 Å². The summed E-state index contributed by atoms with van der Waals surface area (Å²) in [5.74, 6) is -0.170. The molecule has 0 saturated carbocycles. The van der Waals surface area contributed by atoms with Gasteiger partial charge in [0, 0.05) is 31.8 Å². The molecule has 2 atom stereocenters. The highest BCUT2D eigenvalue weighted by Crippen LogP contribution is 2.23. The number of hydrogen-bond donors (Lipinski definition) is 3. The Balaban J connectivity index is 2.87. The first-order valence-corrected chi connectivity index (χ1v) is 9.67. The minimum absolute atomic E-state index is 0.0509. The van der Waals surface area contributed by atoms with E-state index in [1.807, 2.05) is 6.92 Å². The molecule has 154 valence electrons. The van der Waals surface area contributed by atoms with E-state index in [4.69, 9.17) is 0 Å². The molecular weight excluding hydrogens is 350 g/mol. The van der Waals surface area contributed by atoms with E-state index >= 15 is 0 Å². The fraction of sp³-hybridized carbons (Fsp3) is 0.650. The van der Waals surface area contributed by atoms with Crippen LogP contribution >= 0.6 is 0 Å². The summed E-state index contributed by atoms with van der Waals surface area (Å²) in [6, 6.07) is 3.45. The van der Waals surface area contributed by atoms with Crippen molar-refractivity contribution < 1.29 is 13.9 Å². The fourth-order valence-corrected chi connectivity index (χ4v) is 3.05. The number of nitrogens with one attached hydrogen (secondary N) is 2. The third kappa shape index (κ3) is 7.81. The maximum Gasteiger partial charge on any atom is 0.191 e. The number of guanidine groups is 1. The lowest BCUT2D eigenvalue weighted by Crippen LogP contribution is -2.42. The molecule has 1 rings (SSSR count). The molecule has 0 aliphatic carbocycles. The number of aliphatic hydroxyl groups is 1. The highest BCUT2D eigenvalue weighted by atomic mass is 19.1. The summed E-state index contributed by atoms with van der Waals surface area (Å²) in [4.78, 5) is 6.38. The predicted octanol–water partition coefficient (Wildman–Crippen LogP) is 2.92. The van der Waals surface area contributed by atoms with E-state index in [0.29, 0.717) is 31.5 Å². The summed E-state index contributed by atoms with van der Waals surface area (Å²) in [6.45, 7) is 5.83. The molecule has 0 heterocycles. The molecular formula is C20H34F2N4O. The zero-order valence-electron chi connectivity index (χ0n) is 16.9. The van der Waals surface area contributed by atoms with Crippen molar-refractivity contribution in [2.45, 2.75) is 39.2 Å². The number of rotatable bonds is 11. The first-order chi connectivity index (χ1) is 12.9. The second kappa shape index (κ2) is 12.6. The van der Waals surface area contributed by atoms with Gasteiger partial charge in [-0.3, -0.25) is 4.99 Å². The number of aliphatic imine (C=N–C) groups is 1. The first-order valence-electron chi connectivity index (χ1n) is 9.67. The normalized spacial score (nSPS) is 14.3. The Bertz CT molecular complexity index is 555. The number of likely N-dealkylation sites (N-methyl/N-ethyl adjacent to an activating group) is 1. The largest absolute Gasteiger partial charge is 0.396 e. The van der Waals surface area contributed by atoms with Gasteiger partial charge in [-0.05, 0) is 51.9 Å². The van der Waals surface area contributed by atoms with Crippen molar-refractivity contribution in [3.05, 3.63) is 35.4 Å². The molecule has 5 nitrogen and oxygen atoms in total. The Morgan fingerprint density at radius 1 is 1.15 bits per heavy atom. The van der Waals surface area contributed by atoms with E-state index in [0.717, 1.165) is 19.3 Å². The average molecular weight is 385 g/mol. The molecule has 0 amide bonds. The Labute approximate surface area is 161 Å². The molecule has 0 aliphatic heterocycles. The molecule has 0 radical (unpaired) electrons. The van der Waals surface area contributed by atoms with Crippen LogP contribution in [0.1, 0.15) is 44.7 Å². The average Bonchev–Trinajstić information content (AvgIpc) is 2.61. The number of hydrogen-bond acceptors (Lipinski definition) is 3. The summed E-state index contributed by atoms with van der Waals surface area (Å²) < 4.78 is 28.4. The van der Waals surface area contributed by atoms with E-state index in [1.165, 1.54) is 18.2 Å². The summed E-state index contributed by atoms with van der Waals surface area (Å²) in [6.07, 6.45) is 2.77. The van der Waals surface area contributed by atoms with E-state index in [-0.39, 0.29) is 12.2 Å². The predicted molar refractivity (Wildman–Crippen MR) is 107 cm³/mol. The summed E-state index contributed by atoms with van der Waals surface area (Å²) in [5, 5.41) is 15.6. The highest BCUT2D eigenvalue weighted by Gasteiger charge is 2.22. The summed E-state index contributed by atoms with van der Waals surface area (Å²) in [7, 11) is 3.58. The standard InChI is InChI=1S/C20H34F2N4O/c1-5-8-15(11-12-27)13-24-20(23-6-2)25-14-18(26(3)4)19-16(21)9-7-10-17(19)22/h7,9-10,15,18,27H,5-6,8,11-14H2,1-4H3,(H2,23,24,25). The van der Waals surface area contributed by atoms with Crippen molar-refractivity contribution in [2.75, 3.05) is 40.3 Å². The van der Waals surface area contributed by atoms with Gasteiger partial charge in [0.25, 0.3) is 0 Å². The zero-order valence-corrected chi connectivity index (χ0v) is 16.9. The van der Waals surface area contributed by atoms with E-state index in [9.17, 15) is 13.9 Å². The molecule has 0 spiro atoms. The second-order valence-electron chi connectivity index (χ2n) is 6.88. The minimum atomic E-state index is -0.552. The Hall–Kier alpha value is -1.73. The van der Waals surface area contributed by atoms with Gasteiger partial charge in [0.15, 0.2) is 5.96 Å². The number of benzene rings is 1. The molecule has 2 unspecified atom stereocenters. The van der Waals surface area contributed by atoms with Crippen molar-refractivity contribution in [1.82, 2.24) is 15.5 Å². The van der Waals surface area contributed by atoms with Gasteiger partial charge < -0.3 is 20.6 Å². The lowest BCUT2D eigenvalue weighted by Gasteiger charge is -2.27. The maximum absolute atomic E-state index is 14.2. The monoisotopic (exact) mass is 384 g/mol. The van der Waals surface area contributed by atoms with Gasteiger partial charge in [-0.15, -0.1) is 0 Å². The van der Waals surface area contributed by atoms with Crippen LogP contribution in [0.2, 0.25) is 0 Å². The van der Waals surface area contributed by atoms with Crippen LogP contribution in [0.25, 0.3) is 0 Å². The lowest BCUT2D eigenvalue weighted by atomic mass is 10.0. The molecule has 27 heavy (non-hydrogen) atoms. The topological polar surface area (TPSA) is 59.9 Å². The van der Waals surface area contributed by atoms with Crippen LogP contribution in [0.4, 0.5) is 8.78 Å². The third-order valence-corrected chi connectivity index (χ3v) is 4.51. The van der Waals surface area contributed by atoms with Crippen LogP contribution < -0.4 is 10.6 Å². The number of nitrogens with zero attached hydrogens (tertiary/aromatic N) is 2. The third-order valence-electron chi connectivity index (χ3n) is 4.51. The second-order valence-corrected chi connectivity index (χ2v) is 6.88. The number of aliphatic hydroxyl groups excluding tert-OH is 1. The van der Waals surface area contributed by atoms with Crippen LogP contribution in [-0.4, -0.2) is 56.3 Å². The van der Waals surface area contributed by atoms with E-state index in [1.54, 1.807) is 19.0 Å². The van der Waals surface area contributed by atoms with Crippen LogP contribution in [-0.2, 0) is 0 Å². The van der Waals surface area contributed by atoms with Crippen molar-refractivity contribution in [3.63, 3.8) is 0 Å². The SMILES string of the molecule is CCCC(CCO)CN=C(NCC)NCC(c1c(F)cccc1F)N(C)C. The molecule has 3 N–H and O–H groups in total.